The number of ether oxygens (including phenoxy) is 1. The first-order chi connectivity index (χ1) is 17.0. The minimum absolute atomic E-state index is 0.0379. The second-order valence-electron chi connectivity index (χ2n) is 7.43. The molecule has 35 heavy (non-hydrogen) atoms. The maximum Gasteiger partial charge on any atom is 0.276 e. The molecule has 7 nitrogen and oxygen atoms in total. The van der Waals surface area contributed by atoms with Crippen LogP contribution in [-0.4, -0.2) is 23.4 Å². The lowest BCUT2D eigenvalue weighted by atomic mass is 10.0. The zero-order valence-corrected chi connectivity index (χ0v) is 19.1. The molecule has 0 radical (unpaired) electrons. The van der Waals surface area contributed by atoms with Gasteiger partial charge in [-0.15, -0.1) is 11.3 Å². The fourth-order valence-electron chi connectivity index (χ4n) is 3.16. The molecular formula is C26H19FN4O3S. The summed E-state index contributed by atoms with van der Waals surface area (Å²) in [5.41, 5.74) is 8.27. The summed E-state index contributed by atoms with van der Waals surface area (Å²) < 4.78 is 18.8. The van der Waals surface area contributed by atoms with Crippen molar-refractivity contribution in [2.75, 3.05) is 6.61 Å². The number of carbonyl (C=O) groups excluding carboxylic acids is 2. The summed E-state index contributed by atoms with van der Waals surface area (Å²) in [6.45, 7) is -0.281. The number of aromatic nitrogens is 1. The van der Waals surface area contributed by atoms with Crippen LogP contribution in [0.5, 0.6) is 5.75 Å². The maximum atomic E-state index is 13.4. The largest absolute Gasteiger partial charge is 0.484 e. The van der Waals surface area contributed by atoms with Crippen molar-refractivity contribution in [3.05, 3.63) is 95.3 Å². The van der Waals surface area contributed by atoms with Gasteiger partial charge in [0.25, 0.3) is 5.91 Å². The summed E-state index contributed by atoms with van der Waals surface area (Å²) in [5, 5.41) is 11.2. The van der Waals surface area contributed by atoms with Gasteiger partial charge < -0.3 is 4.74 Å². The predicted molar refractivity (Wildman–Crippen MR) is 130 cm³/mol. The van der Waals surface area contributed by atoms with Crippen LogP contribution in [0.3, 0.4) is 0 Å². The van der Waals surface area contributed by atoms with E-state index in [1.807, 2.05) is 24.3 Å². The predicted octanol–water partition coefficient (Wildman–Crippen LogP) is 4.26. The number of nitrogens with one attached hydrogen (secondary N) is 2. The number of halogens is 1. The van der Waals surface area contributed by atoms with Crippen molar-refractivity contribution in [3.8, 4) is 33.5 Å². The van der Waals surface area contributed by atoms with Gasteiger partial charge >= 0.3 is 0 Å². The maximum absolute atomic E-state index is 13.4. The molecule has 0 saturated carbocycles. The molecule has 0 saturated heterocycles. The highest BCUT2D eigenvalue weighted by Crippen LogP contribution is 2.25. The molecule has 0 unspecified atom stereocenters. The molecule has 0 aliphatic carbocycles. The molecular weight excluding hydrogens is 467 g/mol. The molecule has 0 aliphatic heterocycles. The van der Waals surface area contributed by atoms with Crippen LogP contribution >= 0.6 is 11.3 Å². The van der Waals surface area contributed by atoms with E-state index in [1.54, 1.807) is 41.8 Å². The lowest BCUT2D eigenvalue weighted by Gasteiger charge is -2.09. The van der Waals surface area contributed by atoms with Crippen LogP contribution in [0.25, 0.3) is 21.7 Å². The molecule has 3 aromatic carbocycles. The number of hydrogen-bond donors (Lipinski definition) is 2. The number of hydrazine groups is 1. The van der Waals surface area contributed by atoms with Crippen LogP contribution in [0.15, 0.2) is 78.2 Å². The highest BCUT2D eigenvalue weighted by molar-refractivity contribution is 7.13. The quantitative estimate of drug-likeness (QED) is 0.380. The summed E-state index contributed by atoms with van der Waals surface area (Å²) in [6, 6.07) is 22.5. The Hall–Kier alpha value is -4.55. The van der Waals surface area contributed by atoms with Gasteiger partial charge in [0.15, 0.2) is 6.61 Å². The summed E-state index contributed by atoms with van der Waals surface area (Å²) in [7, 11) is 0. The first kappa shape index (κ1) is 23.6. The summed E-state index contributed by atoms with van der Waals surface area (Å²) in [4.78, 5) is 28.5. The van der Waals surface area contributed by atoms with Crippen molar-refractivity contribution in [1.82, 2.24) is 15.8 Å². The topological polar surface area (TPSA) is 104 Å². The summed E-state index contributed by atoms with van der Waals surface area (Å²) in [5.74, 6) is -0.824. The van der Waals surface area contributed by atoms with E-state index in [0.717, 1.165) is 11.1 Å². The number of nitriles is 1. The molecule has 174 valence electrons. The number of nitrogens with zero attached hydrogens (tertiary/aromatic N) is 2. The third-order valence-electron chi connectivity index (χ3n) is 4.88. The molecule has 2 amide bonds. The van der Waals surface area contributed by atoms with Gasteiger partial charge in [-0.25, -0.2) is 9.37 Å². The van der Waals surface area contributed by atoms with Gasteiger partial charge in [0.2, 0.25) is 5.91 Å². The number of benzene rings is 3. The van der Waals surface area contributed by atoms with Crippen LogP contribution in [0, 0.1) is 17.1 Å². The number of thiazole rings is 1. The summed E-state index contributed by atoms with van der Waals surface area (Å²) in [6.07, 6.45) is -0.0379. The van der Waals surface area contributed by atoms with Crippen LogP contribution in [0.1, 0.15) is 11.3 Å². The Balaban J connectivity index is 1.21. The molecule has 2 N–H and O–H groups in total. The van der Waals surface area contributed by atoms with Gasteiger partial charge in [0.05, 0.1) is 23.7 Å². The Kier molecular flexibility index (Phi) is 7.45. The van der Waals surface area contributed by atoms with E-state index in [-0.39, 0.29) is 18.8 Å². The number of carbonyl (C=O) groups is 2. The number of rotatable bonds is 7. The fourth-order valence-corrected chi connectivity index (χ4v) is 3.97. The van der Waals surface area contributed by atoms with Gasteiger partial charge in [-0.1, -0.05) is 36.4 Å². The van der Waals surface area contributed by atoms with E-state index in [0.29, 0.717) is 27.6 Å². The van der Waals surface area contributed by atoms with Crippen molar-refractivity contribution in [2.24, 2.45) is 0 Å². The van der Waals surface area contributed by atoms with E-state index in [9.17, 15) is 14.0 Å². The Bertz CT molecular complexity index is 1380. The van der Waals surface area contributed by atoms with E-state index in [4.69, 9.17) is 10.00 Å². The molecule has 1 aromatic heterocycles. The Labute approximate surface area is 204 Å². The van der Waals surface area contributed by atoms with Gasteiger partial charge in [-0.3, -0.25) is 20.4 Å². The third kappa shape index (κ3) is 6.50. The van der Waals surface area contributed by atoms with Gasteiger partial charge in [0.1, 0.15) is 16.6 Å². The SMILES string of the molecule is N#Cc1ccc(-c2ccc(OCC(=O)NNC(=O)Cc3csc(-c4cccc(F)c4)n3)cc2)cc1. The standard InChI is InChI=1S/C26H19FN4O3S/c27-21-3-1-2-20(12-21)26-29-22(16-35-26)13-24(32)30-31-25(33)15-34-23-10-8-19(9-11-23)18-6-4-17(14-28)5-7-18/h1-12,16H,13,15H2,(H,30,32)(H,31,33). The zero-order chi connectivity index (χ0) is 24.6. The first-order valence-corrected chi connectivity index (χ1v) is 11.4. The highest BCUT2D eigenvalue weighted by atomic mass is 32.1. The van der Waals surface area contributed by atoms with E-state index < -0.39 is 11.8 Å². The van der Waals surface area contributed by atoms with Crippen molar-refractivity contribution in [2.45, 2.75) is 6.42 Å². The Morgan fingerprint density at radius 2 is 1.63 bits per heavy atom. The second-order valence-corrected chi connectivity index (χ2v) is 8.29. The summed E-state index contributed by atoms with van der Waals surface area (Å²) >= 11 is 1.31. The molecule has 0 spiro atoms. The zero-order valence-electron chi connectivity index (χ0n) is 18.3. The minimum atomic E-state index is -0.520. The van der Waals surface area contributed by atoms with Crippen molar-refractivity contribution < 1.29 is 18.7 Å². The molecule has 1 heterocycles. The Morgan fingerprint density at radius 3 is 2.31 bits per heavy atom. The smallest absolute Gasteiger partial charge is 0.276 e. The van der Waals surface area contributed by atoms with Crippen LogP contribution in [0.2, 0.25) is 0 Å². The Morgan fingerprint density at radius 1 is 0.943 bits per heavy atom. The second kappa shape index (κ2) is 11.0. The van der Waals surface area contributed by atoms with Crippen molar-refractivity contribution in [3.63, 3.8) is 0 Å². The van der Waals surface area contributed by atoms with Gasteiger partial charge in [-0.05, 0) is 47.5 Å². The van der Waals surface area contributed by atoms with Crippen LogP contribution in [-0.2, 0) is 16.0 Å². The van der Waals surface area contributed by atoms with E-state index in [1.165, 1.54) is 23.5 Å². The number of hydrogen-bond acceptors (Lipinski definition) is 6. The molecule has 9 heteroatoms. The molecule has 0 atom stereocenters. The van der Waals surface area contributed by atoms with Gasteiger partial charge in [-0.2, -0.15) is 5.26 Å². The monoisotopic (exact) mass is 486 g/mol. The lowest BCUT2D eigenvalue weighted by molar-refractivity contribution is -0.129. The highest BCUT2D eigenvalue weighted by Gasteiger charge is 2.11. The fraction of sp³-hybridized carbons (Fsp3) is 0.0769. The first-order valence-electron chi connectivity index (χ1n) is 10.5. The normalized spacial score (nSPS) is 10.3. The molecule has 0 bridgehead atoms. The lowest BCUT2D eigenvalue weighted by Crippen LogP contribution is -2.44. The third-order valence-corrected chi connectivity index (χ3v) is 5.82. The van der Waals surface area contributed by atoms with Crippen LogP contribution in [0.4, 0.5) is 4.39 Å². The van der Waals surface area contributed by atoms with E-state index >= 15 is 0 Å². The molecule has 4 rings (SSSR count). The number of amides is 2. The van der Waals surface area contributed by atoms with Crippen molar-refractivity contribution in [1.29, 1.82) is 5.26 Å². The van der Waals surface area contributed by atoms with E-state index in [2.05, 4.69) is 21.9 Å². The van der Waals surface area contributed by atoms with Crippen molar-refractivity contribution >= 4 is 23.2 Å². The molecule has 0 aliphatic rings. The van der Waals surface area contributed by atoms with Crippen LogP contribution < -0.4 is 15.6 Å². The average Bonchev–Trinajstić information content (AvgIpc) is 3.35. The minimum Gasteiger partial charge on any atom is -0.484 e. The molecule has 0 fully saturated rings. The molecule has 4 aromatic rings. The van der Waals surface area contributed by atoms with Gasteiger partial charge in [0, 0.05) is 10.9 Å². The average molecular weight is 487 g/mol.